The molecule has 19 heavy (non-hydrogen) atoms. The van der Waals surface area contributed by atoms with Gasteiger partial charge < -0.3 is 14.8 Å². The van der Waals surface area contributed by atoms with Gasteiger partial charge >= 0.3 is 0 Å². The molecule has 0 amide bonds. The fourth-order valence-corrected chi connectivity index (χ4v) is 2.75. The molecular formula is C16H25NO2. The Kier molecular flexibility index (Phi) is 4.35. The molecule has 0 bridgehead atoms. The van der Waals surface area contributed by atoms with Crippen molar-refractivity contribution in [3.63, 3.8) is 0 Å². The Balaban J connectivity index is 2.06. The molecule has 0 aromatic heterocycles. The van der Waals surface area contributed by atoms with Crippen LogP contribution < -0.4 is 14.8 Å². The zero-order valence-electron chi connectivity index (χ0n) is 12.5. The van der Waals surface area contributed by atoms with Gasteiger partial charge in [0.1, 0.15) is 0 Å². The summed E-state index contributed by atoms with van der Waals surface area (Å²) in [5.41, 5.74) is 1.65. The first kappa shape index (κ1) is 14.2. The molecule has 2 atom stereocenters. The van der Waals surface area contributed by atoms with Gasteiger partial charge in [-0.15, -0.1) is 0 Å². The van der Waals surface area contributed by atoms with Crippen LogP contribution in [0.5, 0.6) is 11.5 Å². The van der Waals surface area contributed by atoms with Gasteiger partial charge in [-0.05, 0) is 55.0 Å². The van der Waals surface area contributed by atoms with E-state index in [1.807, 2.05) is 6.07 Å². The molecule has 0 saturated heterocycles. The predicted octanol–water partition coefficient (Wildman–Crippen LogP) is 2.98. The van der Waals surface area contributed by atoms with Crippen molar-refractivity contribution in [2.75, 3.05) is 27.3 Å². The molecule has 1 aliphatic rings. The molecule has 2 unspecified atom stereocenters. The van der Waals surface area contributed by atoms with Crippen LogP contribution in [0.1, 0.15) is 32.3 Å². The van der Waals surface area contributed by atoms with Gasteiger partial charge in [-0.25, -0.2) is 0 Å². The monoisotopic (exact) mass is 263 g/mol. The first-order valence-corrected chi connectivity index (χ1v) is 7.09. The third-order valence-electron chi connectivity index (χ3n) is 4.27. The van der Waals surface area contributed by atoms with Crippen molar-refractivity contribution in [3.05, 3.63) is 23.8 Å². The van der Waals surface area contributed by atoms with Gasteiger partial charge in [-0.2, -0.15) is 0 Å². The van der Waals surface area contributed by atoms with Crippen LogP contribution in [-0.2, 0) is 5.41 Å². The number of rotatable bonds is 7. The summed E-state index contributed by atoms with van der Waals surface area (Å²) in [4.78, 5) is 0. The molecule has 3 heteroatoms. The lowest BCUT2D eigenvalue weighted by Crippen LogP contribution is -2.20. The summed E-state index contributed by atoms with van der Waals surface area (Å²) < 4.78 is 10.7. The summed E-state index contributed by atoms with van der Waals surface area (Å²) in [6.07, 6.45) is 2.44. The Morgan fingerprint density at radius 1 is 1.26 bits per heavy atom. The second kappa shape index (κ2) is 5.83. The van der Waals surface area contributed by atoms with Gasteiger partial charge in [0.25, 0.3) is 0 Å². The molecule has 1 N–H and O–H groups in total. The molecule has 1 saturated carbocycles. The minimum atomic E-state index is 0.292. The van der Waals surface area contributed by atoms with Crippen molar-refractivity contribution in [2.24, 2.45) is 5.92 Å². The molecule has 2 rings (SSSR count). The van der Waals surface area contributed by atoms with Crippen LogP contribution in [0.15, 0.2) is 18.2 Å². The molecule has 0 radical (unpaired) electrons. The summed E-state index contributed by atoms with van der Waals surface area (Å²) in [6, 6.07) is 6.30. The molecule has 0 spiro atoms. The second-order valence-electron chi connectivity index (χ2n) is 5.59. The van der Waals surface area contributed by atoms with E-state index in [-0.39, 0.29) is 0 Å². The molecule has 1 aromatic carbocycles. The number of hydrogen-bond acceptors (Lipinski definition) is 3. The average molecular weight is 263 g/mol. The van der Waals surface area contributed by atoms with Gasteiger partial charge in [0.15, 0.2) is 11.5 Å². The van der Waals surface area contributed by atoms with E-state index in [2.05, 4.69) is 31.3 Å². The summed E-state index contributed by atoms with van der Waals surface area (Å²) in [6.45, 7) is 6.76. The highest BCUT2D eigenvalue weighted by molar-refractivity contribution is 5.47. The highest BCUT2D eigenvalue weighted by Crippen LogP contribution is 2.54. The Bertz CT molecular complexity index is 433. The van der Waals surface area contributed by atoms with Crippen LogP contribution in [0.3, 0.4) is 0 Å². The van der Waals surface area contributed by atoms with Crippen molar-refractivity contribution in [1.82, 2.24) is 5.32 Å². The maximum atomic E-state index is 5.39. The predicted molar refractivity (Wildman–Crippen MR) is 78.2 cm³/mol. The van der Waals surface area contributed by atoms with Crippen molar-refractivity contribution < 1.29 is 9.47 Å². The normalized spacial score (nSPS) is 25.2. The number of hydrogen-bond donors (Lipinski definition) is 1. The maximum Gasteiger partial charge on any atom is 0.161 e. The third kappa shape index (κ3) is 2.86. The van der Waals surface area contributed by atoms with E-state index in [0.717, 1.165) is 30.5 Å². The van der Waals surface area contributed by atoms with Gasteiger partial charge in [0.05, 0.1) is 14.2 Å². The summed E-state index contributed by atoms with van der Waals surface area (Å²) in [7, 11) is 3.37. The zero-order valence-corrected chi connectivity index (χ0v) is 12.5. The Labute approximate surface area is 116 Å². The van der Waals surface area contributed by atoms with E-state index >= 15 is 0 Å². The van der Waals surface area contributed by atoms with Gasteiger partial charge in [0, 0.05) is 0 Å². The Morgan fingerprint density at radius 3 is 2.63 bits per heavy atom. The molecule has 0 aliphatic heterocycles. The van der Waals surface area contributed by atoms with Crippen LogP contribution >= 0.6 is 0 Å². The lowest BCUT2D eigenvalue weighted by Gasteiger charge is -2.15. The standard InChI is InChI=1S/C16H25NO2/c1-5-8-17-11-13-10-16(13,2)12-6-7-14(18-3)15(9-12)19-4/h6-7,9,13,17H,5,8,10-11H2,1-4H3. The first-order valence-electron chi connectivity index (χ1n) is 7.09. The smallest absolute Gasteiger partial charge is 0.161 e. The van der Waals surface area contributed by atoms with Crippen LogP contribution in [-0.4, -0.2) is 27.3 Å². The molecule has 1 aromatic rings. The molecule has 1 aliphatic carbocycles. The van der Waals surface area contributed by atoms with Crippen molar-refractivity contribution in [3.8, 4) is 11.5 Å². The van der Waals surface area contributed by atoms with Crippen LogP contribution in [0.4, 0.5) is 0 Å². The number of ether oxygens (including phenoxy) is 2. The zero-order chi connectivity index (χ0) is 13.9. The van der Waals surface area contributed by atoms with Gasteiger partial charge in [-0.3, -0.25) is 0 Å². The largest absolute Gasteiger partial charge is 0.493 e. The molecule has 3 nitrogen and oxygen atoms in total. The minimum absolute atomic E-state index is 0.292. The average Bonchev–Trinajstić information content (AvgIpc) is 3.10. The summed E-state index contributed by atoms with van der Waals surface area (Å²) >= 11 is 0. The maximum absolute atomic E-state index is 5.39. The second-order valence-corrected chi connectivity index (χ2v) is 5.59. The van der Waals surface area contributed by atoms with E-state index in [9.17, 15) is 0 Å². The van der Waals surface area contributed by atoms with E-state index in [1.165, 1.54) is 18.4 Å². The first-order chi connectivity index (χ1) is 9.15. The van der Waals surface area contributed by atoms with Crippen LogP contribution in [0.25, 0.3) is 0 Å². The van der Waals surface area contributed by atoms with E-state index in [1.54, 1.807) is 14.2 Å². The van der Waals surface area contributed by atoms with E-state index in [0.29, 0.717) is 5.41 Å². The fraction of sp³-hybridized carbons (Fsp3) is 0.625. The van der Waals surface area contributed by atoms with E-state index < -0.39 is 0 Å². The summed E-state index contributed by atoms with van der Waals surface area (Å²) in [5, 5.41) is 3.52. The van der Waals surface area contributed by atoms with E-state index in [4.69, 9.17) is 9.47 Å². The quantitative estimate of drug-likeness (QED) is 0.767. The topological polar surface area (TPSA) is 30.5 Å². The number of methoxy groups -OCH3 is 2. The fourth-order valence-electron chi connectivity index (χ4n) is 2.75. The lowest BCUT2D eigenvalue weighted by atomic mass is 9.95. The van der Waals surface area contributed by atoms with Crippen LogP contribution in [0.2, 0.25) is 0 Å². The Morgan fingerprint density at radius 2 is 2.00 bits per heavy atom. The molecule has 0 heterocycles. The lowest BCUT2D eigenvalue weighted by molar-refractivity contribution is 0.354. The minimum Gasteiger partial charge on any atom is -0.493 e. The molecule has 1 fully saturated rings. The van der Waals surface area contributed by atoms with Gasteiger partial charge in [0.2, 0.25) is 0 Å². The number of benzene rings is 1. The highest BCUT2D eigenvalue weighted by atomic mass is 16.5. The molecule has 106 valence electrons. The van der Waals surface area contributed by atoms with Crippen molar-refractivity contribution in [2.45, 2.75) is 32.1 Å². The SMILES string of the molecule is CCCNCC1CC1(C)c1ccc(OC)c(OC)c1. The van der Waals surface area contributed by atoms with Crippen LogP contribution in [0, 0.1) is 5.92 Å². The third-order valence-corrected chi connectivity index (χ3v) is 4.27. The Hall–Kier alpha value is -1.22. The van der Waals surface area contributed by atoms with Crippen molar-refractivity contribution in [1.29, 1.82) is 0 Å². The summed E-state index contributed by atoms with van der Waals surface area (Å²) in [5.74, 6) is 2.36. The van der Waals surface area contributed by atoms with Crippen molar-refractivity contribution >= 4 is 0 Å². The van der Waals surface area contributed by atoms with Gasteiger partial charge in [-0.1, -0.05) is 19.9 Å². The molecular weight excluding hydrogens is 238 g/mol. The highest BCUT2D eigenvalue weighted by Gasteiger charge is 2.50. The number of nitrogens with one attached hydrogen (secondary N) is 1.